The minimum Gasteiger partial charge on any atom is -0.497 e. The van der Waals surface area contributed by atoms with E-state index < -0.39 is 12.1 Å². The third kappa shape index (κ3) is 1.84. The van der Waals surface area contributed by atoms with Gasteiger partial charge in [0.05, 0.1) is 13.4 Å². The maximum absolute atomic E-state index is 11.8. The summed E-state index contributed by atoms with van der Waals surface area (Å²) in [6.45, 7) is 3.38. The Morgan fingerprint density at radius 2 is 2.00 bits per heavy atom. The molecule has 1 amide bonds. The van der Waals surface area contributed by atoms with E-state index in [0.29, 0.717) is 17.7 Å². The van der Waals surface area contributed by atoms with Crippen molar-refractivity contribution in [3.63, 3.8) is 0 Å². The number of anilines is 1. The van der Waals surface area contributed by atoms with Gasteiger partial charge in [-0.15, -0.1) is 0 Å². The van der Waals surface area contributed by atoms with Crippen LogP contribution in [-0.4, -0.2) is 31.4 Å². The van der Waals surface area contributed by atoms with Gasteiger partial charge in [-0.1, -0.05) is 6.58 Å². The van der Waals surface area contributed by atoms with E-state index in [2.05, 4.69) is 6.58 Å². The number of carbonyl (C=O) groups excluding carboxylic acids is 2. The predicted octanol–water partition coefficient (Wildman–Crippen LogP) is 1.14. The fourth-order valence-electron chi connectivity index (χ4n) is 1.90. The number of β-lactam (4-membered cyclic amide) rings is 1. The Balaban J connectivity index is 2.20. The van der Waals surface area contributed by atoms with E-state index in [1.807, 2.05) is 0 Å². The van der Waals surface area contributed by atoms with Crippen molar-refractivity contribution in [3.05, 3.63) is 37.1 Å². The van der Waals surface area contributed by atoms with Gasteiger partial charge >= 0.3 is 0 Å². The average Bonchev–Trinajstić information content (AvgIpc) is 2.42. The van der Waals surface area contributed by atoms with Crippen molar-refractivity contribution in [2.75, 3.05) is 12.0 Å². The molecule has 0 radical (unpaired) electrons. The third-order valence-corrected chi connectivity index (χ3v) is 2.82. The zero-order valence-corrected chi connectivity index (χ0v) is 9.91. The molecule has 0 spiro atoms. The normalized spacial score (nSPS) is 22.1. The van der Waals surface area contributed by atoms with Gasteiger partial charge in [-0.2, -0.15) is 0 Å². The molecule has 2 atom stereocenters. The van der Waals surface area contributed by atoms with Gasteiger partial charge in [-0.05, 0) is 24.3 Å². The lowest BCUT2D eigenvalue weighted by atomic mass is 9.98. The van der Waals surface area contributed by atoms with Crippen molar-refractivity contribution < 1.29 is 19.1 Å². The molecule has 0 N–H and O–H groups in total. The highest BCUT2D eigenvalue weighted by atomic mass is 16.5. The number of aldehydes is 1. The number of benzene rings is 1. The summed E-state index contributed by atoms with van der Waals surface area (Å²) >= 11 is 0. The molecule has 5 heteroatoms. The van der Waals surface area contributed by atoms with Crippen LogP contribution in [0.15, 0.2) is 37.1 Å². The number of rotatable bonds is 5. The maximum Gasteiger partial charge on any atom is 0.271 e. The van der Waals surface area contributed by atoms with E-state index in [1.54, 1.807) is 31.4 Å². The number of hydrogen-bond acceptors (Lipinski definition) is 4. The minimum atomic E-state index is -0.762. The lowest BCUT2D eigenvalue weighted by Gasteiger charge is -2.42. The Morgan fingerprint density at radius 3 is 2.50 bits per heavy atom. The van der Waals surface area contributed by atoms with E-state index in [0.717, 1.165) is 0 Å². The van der Waals surface area contributed by atoms with Crippen molar-refractivity contribution >= 4 is 17.9 Å². The molecule has 18 heavy (non-hydrogen) atoms. The smallest absolute Gasteiger partial charge is 0.271 e. The Bertz CT molecular complexity index is 468. The molecule has 1 aliphatic rings. The molecule has 1 fully saturated rings. The Morgan fingerprint density at radius 1 is 1.33 bits per heavy atom. The standard InChI is InChI=1S/C13H13NO4/c1-3-18-12-11(8-15)14(13(12)16)9-4-6-10(17-2)7-5-9/h3-8,11-12H,1H2,2H3/t11-,12+/m0/s1. The van der Waals surface area contributed by atoms with Gasteiger partial charge in [-0.25, -0.2) is 0 Å². The molecule has 0 saturated carbocycles. The molecule has 94 valence electrons. The highest BCUT2D eigenvalue weighted by molar-refractivity contribution is 6.10. The second kappa shape index (κ2) is 4.91. The van der Waals surface area contributed by atoms with Crippen LogP contribution in [0.3, 0.4) is 0 Å². The highest BCUT2D eigenvalue weighted by Crippen LogP contribution is 2.30. The van der Waals surface area contributed by atoms with Crippen LogP contribution in [0.4, 0.5) is 5.69 Å². The molecular formula is C13H13NO4. The number of ether oxygens (including phenoxy) is 2. The molecule has 0 aliphatic carbocycles. The Labute approximate surface area is 105 Å². The summed E-state index contributed by atoms with van der Waals surface area (Å²) < 4.78 is 10.0. The van der Waals surface area contributed by atoms with E-state index in [-0.39, 0.29) is 5.91 Å². The molecule has 1 aromatic carbocycles. The lowest BCUT2D eigenvalue weighted by Crippen LogP contribution is -2.66. The second-order valence-corrected chi connectivity index (χ2v) is 3.76. The molecule has 2 rings (SSSR count). The molecule has 0 aromatic heterocycles. The van der Waals surface area contributed by atoms with Gasteiger partial charge in [0, 0.05) is 5.69 Å². The number of methoxy groups -OCH3 is 1. The van der Waals surface area contributed by atoms with E-state index in [1.165, 1.54) is 11.2 Å². The van der Waals surface area contributed by atoms with Gasteiger partial charge in [0.25, 0.3) is 5.91 Å². The molecule has 1 saturated heterocycles. The predicted molar refractivity (Wildman–Crippen MR) is 65.4 cm³/mol. The topological polar surface area (TPSA) is 55.8 Å². The molecule has 1 heterocycles. The molecule has 1 aromatic rings. The summed E-state index contributed by atoms with van der Waals surface area (Å²) in [5.41, 5.74) is 0.641. The van der Waals surface area contributed by atoms with Gasteiger partial charge < -0.3 is 14.3 Å². The maximum atomic E-state index is 11.8. The minimum absolute atomic E-state index is 0.253. The van der Waals surface area contributed by atoms with Gasteiger partial charge in [0.15, 0.2) is 0 Å². The van der Waals surface area contributed by atoms with Crippen molar-refractivity contribution in [1.29, 1.82) is 0 Å². The van der Waals surface area contributed by atoms with Crippen molar-refractivity contribution in [1.82, 2.24) is 0 Å². The van der Waals surface area contributed by atoms with E-state index >= 15 is 0 Å². The molecule has 5 nitrogen and oxygen atoms in total. The SMILES string of the molecule is C=CO[C@H]1C(=O)N(c2ccc(OC)cc2)[C@H]1C=O. The monoisotopic (exact) mass is 247 g/mol. The van der Waals surface area contributed by atoms with Gasteiger partial charge in [0.1, 0.15) is 18.1 Å². The molecular weight excluding hydrogens is 234 g/mol. The Kier molecular flexibility index (Phi) is 3.32. The van der Waals surface area contributed by atoms with Crippen LogP contribution in [0.1, 0.15) is 0 Å². The van der Waals surface area contributed by atoms with Crippen LogP contribution < -0.4 is 9.64 Å². The van der Waals surface area contributed by atoms with E-state index in [9.17, 15) is 9.59 Å². The summed E-state index contributed by atoms with van der Waals surface area (Å²) in [7, 11) is 1.56. The van der Waals surface area contributed by atoms with Crippen LogP contribution in [0.2, 0.25) is 0 Å². The number of carbonyl (C=O) groups is 2. The first-order valence-corrected chi connectivity index (χ1v) is 5.41. The molecule has 0 unspecified atom stereocenters. The second-order valence-electron chi connectivity index (χ2n) is 3.76. The summed E-state index contributed by atoms with van der Waals surface area (Å²) in [5, 5.41) is 0. The van der Waals surface area contributed by atoms with Crippen LogP contribution in [-0.2, 0) is 14.3 Å². The van der Waals surface area contributed by atoms with Gasteiger partial charge in [-0.3, -0.25) is 9.69 Å². The highest BCUT2D eigenvalue weighted by Gasteiger charge is 2.49. The van der Waals surface area contributed by atoms with Crippen LogP contribution in [0.5, 0.6) is 5.75 Å². The number of hydrogen-bond donors (Lipinski definition) is 0. The first-order chi connectivity index (χ1) is 8.72. The van der Waals surface area contributed by atoms with Crippen LogP contribution in [0, 0.1) is 0 Å². The fraction of sp³-hybridized carbons (Fsp3) is 0.231. The first kappa shape index (κ1) is 12.2. The summed E-state index contributed by atoms with van der Waals surface area (Å²) in [5.74, 6) is 0.436. The zero-order valence-electron chi connectivity index (χ0n) is 9.91. The molecule has 1 aliphatic heterocycles. The molecule has 0 bridgehead atoms. The lowest BCUT2D eigenvalue weighted by molar-refractivity contribution is -0.140. The van der Waals surface area contributed by atoms with Crippen molar-refractivity contribution in [2.24, 2.45) is 0 Å². The van der Waals surface area contributed by atoms with Crippen LogP contribution >= 0.6 is 0 Å². The largest absolute Gasteiger partial charge is 0.497 e. The fourth-order valence-corrected chi connectivity index (χ4v) is 1.90. The van der Waals surface area contributed by atoms with Crippen molar-refractivity contribution in [3.8, 4) is 5.75 Å². The quantitative estimate of drug-likeness (QED) is 0.445. The van der Waals surface area contributed by atoms with Crippen molar-refractivity contribution in [2.45, 2.75) is 12.1 Å². The number of amides is 1. The number of nitrogens with zero attached hydrogens (tertiary/aromatic N) is 1. The first-order valence-electron chi connectivity index (χ1n) is 5.41. The third-order valence-electron chi connectivity index (χ3n) is 2.82. The summed E-state index contributed by atoms with van der Waals surface area (Å²) in [6, 6.07) is 6.29. The Hall–Kier alpha value is -2.30. The van der Waals surface area contributed by atoms with E-state index in [4.69, 9.17) is 9.47 Å². The van der Waals surface area contributed by atoms with Gasteiger partial charge in [0.2, 0.25) is 6.10 Å². The average molecular weight is 247 g/mol. The van der Waals surface area contributed by atoms with Crippen LogP contribution in [0.25, 0.3) is 0 Å². The summed E-state index contributed by atoms with van der Waals surface area (Å²) in [6.07, 6.45) is 1.10. The summed E-state index contributed by atoms with van der Waals surface area (Å²) in [4.78, 5) is 24.2. The zero-order chi connectivity index (χ0) is 13.1.